The number of aromatic nitrogens is 3. The molecule has 7 heteroatoms. The topological polar surface area (TPSA) is 52.4 Å². The van der Waals surface area contributed by atoms with Gasteiger partial charge in [-0.1, -0.05) is 6.07 Å². The third-order valence-corrected chi connectivity index (χ3v) is 5.72. The molecule has 2 saturated heterocycles. The van der Waals surface area contributed by atoms with Gasteiger partial charge in [0.1, 0.15) is 5.82 Å². The maximum Gasteiger partial charge on any atom is 0.498 e. The molecule has 0 N–H and O–H groups in total. The summed E-state index contributed by atoms with van der Waals surface area (Å²) in [5.74, 6) is 1.07. The van der Waals surface area contributed by atoms with Crippen LogP contribution >= 0.6 is 0 Å². The maximum atomic E-state index is 6.10. The van der Waals surface area contributed by atoms with E-state index in [0.29, 0.717) is 6.54 Å². The van der Waals surface area contributed by atoms with E-state index in [2.05, 4.69) is 55.9 Å². The van der Waals surface area contributed by atoms with Gasteiger partial charge in [0.15, 0.2) is 0 Å². The first-order valence-corrected chi connectivity index (χ1v) is 9.43. The Labute approximate surface area is 155 Å². The van der Waals surface area contributed by atoms with Crippen molar-refractivity contribution in [3.8, 4) is 0 Å². The Morgan fingerprint density at radius 1 is 1.08 bits per heavy atom. The van der Waals surface area contributed by atoms with E-state index in [1.807, 2.05) is 17.1 Å². The second kappa shape index (κ2) is 6.39. The summed E-state index contributed by atoms with van der Waals surface area (Å²) < 4.78 is 14.1. The Hall–Kier alpha value is -1.86. The van der Waals surface area contributed by atoms with E-state index in [0.717, 1.165) is 30.1 Å². The number of rotatable bonds is 4. The monoisotopic (exact) mass is 354 g/mol. The van der Waals surface area contributed by atoms with Gasteiger partial charge in [-0.3, -0.25) is 4.68 Å². The average molecular weight is 354 g/mol. The first kappa shape index (κ1) is 17.6. The molecule has 0 bridgehead atoms. The minimum atomic E-state index is -0.377. The summed E-state index contributed by atoms with van der Waals surface area (Å²) in [6.07, 6.45) is 6.32. The highest BCUT2D eigenvalue weighted by molar-refractivity contribution is 6.61. The van der Waals surface area contributed by atoms with Gasteiger partial charge in [0, 0.05) is 30.9 Å². The summed E-state index contributed by atoms with van der Waals surface area (Å²) >= 11 is 0. The molecule has 0 atom stereocenters. The number of pyridine rings is 1. The van der Waals surface area contributed by atoms with Gasteiger partial charge in [-0.05, 0) is 52.7 Å². The second-order valence-corrected chi connectivity index (χ2v) is 8.24. The number of hydrogen-bond donors (Lipinski definition) is 0. The fourth-order valence-corrected chi connectivity index (χ4v) is 3.41. The van der Waals surface area contributed by atoms with Crippen LogP contribution in [0.5, 0.6) is 0 Å². The van der Waals surface area contributed by atoms with Crippen molar-refractivity contribution in [2.45, 2.75) is 58.3 Å². The summed E-state index contributed by atoms with van der Waals surface area (Å²) in [5, 5.41) is 4.48. The van der Waals surface area contributed by atoms with Gasteiger partial charge in [0.2, 0.25) is 0 Å². The van der Waals surface area contributed by atoms with Gasteiger partial charge in [0.05, 0.1) is 23.4 Å². The standard InChI is InChI=1S/C19H27BN4O2/c1-18(2)19(3,4)26-20(25-18)15-12-21-24(13-15)14-16-8-7-9-17(22-16)23-10-5-6-11-23/h7-9,12-13H,5-6,10-11,14H2,1-4H3. The zero-order valence-corrected chi connectivity index (χ0v) is 16.1. The van der Waals surface area contributed by atoms with E-state index < -0.39 is 0 Å². The third-order valence-electron chi connectivity index (χ3n) is 5.72. The molecule has 138 valence electrons. The lowest BCUT2D eigenvalue weighted by Crippen LogP contribution is -2.41. The third kappa shape index (κ3) is 3.26. The van der Waals surface area contributed by atoms with Crippen LogP contribution in [-0.4, -0.2) is 46.2 Å². The zero-order valence-electron chi connectivity index (χ0n) is 16.1. The van der Waals surface area contributed by atoms with Crippen LogP contribution in [0.2, 0.25) is 0 Å². The van der Waals surface area contributed by atoms with E-state index in [1.54, 1.807) is 0 Å². The van der Waals surface area contributed by atoms with Crippen LogP contribution in [0.15, 0.2) is 30.6 Å². The van der Waals surface area contributed by atoms with Crippen LogP contribution in [0.4, 0.5) is 5.82 Å². The van der Waals surface area contributed by atoms with Crippen LogP contribution in [0.1, 0.15) is 46.2 Å². The molecule has 0 radical (unpaired) electrons. The van der Waals surface area contributed by atoms with Crippen molar-refractivity contribution in [2.24, 2.45) is 0 Å². The molecule has 0 saturated carbocycles. The Kier molecular flexibility index (Phi) is 4.31. The minimum absolute atomic E-state index is 0.342. The van der Waals surface area contributed by atoms with E-state index in [9.17, 15) is 0 Å². The summed E-state index contributed by atoms with van der Waals surface area (Å²) in [6.45, 7) is 11.1. The number of anilines is 1. The minimum Gasteiger partial charge on any atom is -0.399 e. The normalized spacial score (nSPS) is 21.5. The van der Waals surface area contributed by atoms with Gasteiger partial charge in [-0.15, -0.1) is 0 Å². The summed E-state index contributed by atoms with van der Waals surface area (Å²) in [6, 6.07) is 6.22. The second-order valence-electron chi connectivity index (χ2n) is 8.24. The first-order valence-electron chi connectivity index (χ1n) is 9.43. The van der Waals surface area contributed by atoms with Crippen molar-refractivity contribution in [3.05, 3.63) is 36.3 Å². The molecule has 4 heterocycles. The van der Waals surface area contributed by atoms with Gasteiger partial charge >= 0.3 is 7.12 Å². The van der Waals surface area contributed by atoms with Crippen LogP contribution in [-0.2, 0) is 15.9 Å². The van der Waals surface area contributed by atoms with Crippen molar-refractivity contribution >= 4 is 18.4 Å². The van der Waals surface area contributed by atoms with Crippen molar-refractivity contribution in [2.75, 3.05) is 18.0 Å². The Balaban J connectivity index is 1.47. The summed E-state index contributed by atoms with van der Waals surface area (Å²) in [4.78, 5) is 7.16. The predicted molar refractivity (Wildman–Crippen MR) is 103 cm³/mol. The quantitative estimate of drug-likeness (QED) is 0.788. The summed E-state index contributed by atoms with van der Waals surface area (Å²) in [5.41, 5.74) is 1.27. The highest BCUT2D eigenvalue weighted by Gasteiger charge is 2.52. The fourth-order valence-electron chi connectivity index (χ4n) is 3.41. The van der Waals surface area contributed by atoms with Gasteiger partial charge in [-0.25, -0.2) is 4.98 Å². The van der Waals surface area contributed by atoms with Crippen molar-refractivity contribution in [1.29, 1.82) is 0 Å². The summed E-state index contributed by atoms with van der Waals surface area (Å²) in [7, 11) is -0.377. The molecular formula is C19H27BN4O2. The molecule has 2 aliphatic heterocycles. The van der Waals surface area contributed by atoms with E-state index >= 15 is 0 Å². The lowest BCUT2D eigenvalue weighted by molar-refractivity contribution is 0.00578. The van der Waals surface area contributed by atoms with Crippen LogP contribution in [0.25, 0.3) is 0 Å². The largest absolute Gasteiger partial charge is 0.498 e. The number of hydrogen-bond acceptors (Lipinski definition) is 5. The molecule has 0 aromatic carbocycles. The van der Waals surface area contributed by atoms with Gasteiger partial charge < -0.3 is 14.2 Å². The van der Waals surface area contributed by atoms with Gasteiger partial charge in [0.25, 0.3) is 0 Å². The number of nitrogens with zero attached hydrogens (tertiary/aromatic N) is 4. The fraction of sp³-hybridized carbons (Fsp3) is 0.579. The molecule has 2 fully saturated rings. The zero-order chi connectivity index (χ0) is 18.4. The maximum absolute atomic E-state index is 6.10. The lowest BCUT2D eigenvalue weighted by Gasteiger charge is -2.32. The Bertz CT molecular complexity index is 767. The molecule has 26 heavy (non-hydrogen) atoms. The molecular weight excluding hydrogens is 327 g/mol. The van der Waals surface area contributed by atoms with Gasteiger partial charge in [-0.2, -0.15) is 5.10 Å². The average Bonchev–Trinajstić information content (AvgIpc) is 3.29. The molecule has 0 aliphatic carbocycles. The Morgan fingerprint density at radius 2 is 1.77 bits per heavy atom. The molecule has 2 aromatic heterocycles. The molecule has 4 rings (SSSR count). The van der Waals surface area contributed by atoms with Crippen molar-refractivity contribution in [1.82, 2.24) is 14.8 Å². The van der Waals surface area contributed by atoms with Crippen LogP contribution in [0.3, 0.4) is 0 Å². The molecule has 0 amide bonds. The molecule has 2 aliphatic rings. The predicted octanol–water partition coefficient (Wildman–Crippen LogP) is 2.23. The molecule has 0 unspecified atom stereocenters. The highest BCUT2D eigenvalue weighted by Crippen LogP contribution is 2.36. The SMILES string of the molecule is CC1(C)OB(c2cnn(Cc3cccc(N4CCCC4)n3)c2)OC1(C)C. The van der Waals surface area contributed by atoms with Crippen molar-refractivity contribution < 1.29 is 9.31 Å². The molecule has 2 aromatic rings. The van der Waals surface area contributed by atoms with Crippen LogP contribution in [0, 0.1) is 0 Å². The molecule has 6 nitrogen and oxygen atoms in total. The van der Waals surface area contributed by atoms with Crippen LogP contribution < -0.4 is 10.4 Å². The molecule has 0 spiro atoms. The Morgan fingerprint density at radius 3 is 2.46 bits per heavy atom. The first-order chi connectivity index (χ1) is 12.3. The van der Waals surface area contributed by atoms with E-state index in [-0.39, 0.29) is 18.3 Å². The van der Waals surface area contributed by atoms with Crippen molar-refractivity contribution in [3.63, 3.8) is 0 Å². The van der Waals surface area contributed by atoms with E-state index in [1.165, 1.54) is 12.8 Å². The lowest BCUT2D eigenvalue weighted by atomic mass is 9.82. The van der Waals surface area contributed by atoms with E-state index in [4.69, 9.17) is 14.3 Å². The highest BCUT2D eigenvalue weighted by atomic mass is 16.7. The smallest absolute Gasteiger partial charge is 0.399 e.